The molecule has 6 heteroatoms. The fourth-order valence-electron chi connectivity index (χ4n) is 1.54. The lowest BCUT2D eigenvalue weighted by atomic mass is 10.1. The number of nitrogen functional groups attached to an aromatic ring is 1. The molecular weight excluding hydrogens is 272 g/mol. The zero-order chi connectivity index (χ0) is 11.1. The maximum Gasteiger partial charge on any atom is 0.181 e. The van der Waals surface area contributed by atoms with Crippen LogP contribution in [-0.4, -0.2) is 15.2 Å². The molecule has 5 nitrogen and oxygen atoms in total. The lowest BCUT2D eigenvalue weighted by Crippen LogP contribution is -1.83. The van der Waals surface area contributed by atoms with Crippen LogP contribution < -0.4 is 5.73 Å². The van der Waals surface area contributed by atoms with Gasteiger partial charge in [-0.15, -0.1) is 0 Å². The maximum absolute atomic E-state index is 5.65. The molecule has 3 N–H and O–H groups in total. The Morgan fingerprint density at radius 2 is 2.25 bits per heavy atom. The first-order chi connectivity index (χ1) is 7.75. The van der Waals surface area contributed by atoms with Crippen molar-refractivity contribution in [2.24, 2.45) is 0 Å². The Morgan fingerprint density at radius 1 is 1.38 bits per heavy atom. The van der Waals surface area contributed by atoms with Crippen LogP contribution in [0.4, 0.5) is 5.82 Å². The van der Waals surface area contributed by atoms with Crippen LogP contribution >= 0.6 is 15.9 Å². The molecule has 3 aromatic rings. The largest absolute Gasteiger partial charge is 0.443 e. The number of hydrogen-bond acceptors (Lipinski definition) is 4. The molecular formula is C10H7BrN4O. The molecule has 16 heavy (non-hydrogen) atoms. The Balaban J connectivity index is 2.21. The van der Waals surface area contributed by atoms with Gasteiger partial charge in [-0.1, -0.05) is 6.07 Å². The monoisotopic (exact) mass is 278 g/mol. The van der Waals surface area contributed by atoms with Gasteiger partial charge >= 0.3 is 0 Å². The standard InChI is InChI=1S/C10H7BrN4O/c11-8-9(14-15-10(8)12)5-1-2-6-7(3-5)16-4-13-6/h1-4H,(H3,12,14,15). The van der Waals surface area contributed by atoms with Gasteiger partial charge in [0.05, 0.1) is 10.2 Å². The SMILES string of the molecule is Nc1n[nH]c(-c2ccc3ncoc3c2)c1Br. The van der Waals surface area contributed by atoms with Crippen LogP contribution in [0.5, 0.6) is 0 Å². The second-order valence-corrected chi connectivity index (χ2v) is 4.13. The molecule has 0 radical (unpaired) electrons. The summed E-state index contributed by atoms with van der Waals surface area (Å²) in [7, 11) is 0. The summed E-state index contributed by atoms with van der Waals surface area (Å²) in [4.78, 5) is 4.05. The Morgan fingerprint density at radius 3 is 3.00 bits per heavy atom. The van der Waals surface area contributed by atoms with E-state index < -0.39 is 0 Å². The number of fused-ring (bicyclic) bond motifs is 1. The number of nitrogens with zero attached hydrogens (tertiary/aromatic N) is 2. The minimum absolute atomic E-state index is 0.438. The van der Waals surface area contributed by atoms with Crippen LogP contribution in [0.25, 0.3) is 22.4 Å². The minimum atomic E-state index is 0.438. The van der Waals surface area contributed by atoms with E-state index in [1.807, 2.05) is 18.2 Å². The van der Waals surface area contributed by atoms with E-state index in [9.17, 15) is 0 Å². The van der Waals surface area contributed by atoms with Gasteiger partial charge in [-0.05, 0) is 28.1 Å². The van der Waals surface area contributed by atoms with E-state index in [2.05, 4.69) is 31.1 Å². The van der Waals surface area contributed by atoms with Gasteiger partial charge < -0.3 is 10.2 Å². The molecule has 0 spiro atoms. The van der Waals surface area contributed by atoms with Crippen LogP contribution in [-0.2, 0) is 0 Å². The Hall–Kier alpha value is -1.82. The third-order valence-corrected chi connectivity index (χ3v) is 3.16. The first kappa shape index (κ1) is 9.41. The number of oxazole rings is 1. The van der Waals surface area contributed by atoms with Crippen molar-refractivity contribution >= 4 is 32.8 Å². The van der Waals surface area contributed by atoms with Crippen molar-refractivity contribution in [3.8, 4) is 11.3 Å². The molecule has 0 unspecified atom stereocenters. The molecule has 0 aliphatic rings. The van der Waals surface area contributed by atoms with Crippen molar-refractivity contribution in [1.29, 1.82) is 0 Å². The second kappa shape index (κ2) is 3.34. The fraction of sp³-hybridized carbons (Fsp3) is 0. The van der Waals surface area contributed by atoms with E-state index in [1.165, 1.54) is 6.39 Å². The molecule has 0 bridgehead atoms. The molecule has 2 aromatic heterocycles. The van der Waals surface area contributed by atoms with Gasteiger partial charge in [0.15, 0.2) is 17.8 Å². The normalized spacial score (nSPS) is 11.1. The quantitative estimate of drug-likeness (QED) is 0.717. The second-order valence-electron chi connectivity index (χ2n) is 3.33. The molecule has 0 saturated heterocycles. The van der Waals surface area contributed by atoms with Crippen LogP contribution in [0.1, 0.15) is 0 Å². The predicted molar refractivity (Wildman–Crippen MR) is 63.7 cm³/mol. The van der Waals surface area contributed by atoms with Crippen molar-refractivity contribution in [2.75, 3.05) is 5.73 Å². The number of nitrogens with two attached hydrogens (primary N) is 1. The van der Waals surface area contributed by atoms with E-state index in [1.54, 1.807) is 0 Å². The van der Waals surface area contributed by atoms with Crippen molar-refractivity contribution in [1.82, 2.24) is 15.2 Å². The predicted octanol–water partition coefficient (Wildman–Crippen LogP) is 2.56. The molecule has 0 atom stereocenters. The zero-order valence-corrected chi connectivity index (χ0v) is 9.65. The van der Waals surface area contributed by atoms with Gasteiger partial charge in [-0.3, -0.25) is 5.10 Å². The van der Waals surface area contributed by atoms with Gasteiger partial charge in [0.1, 0.15) is 5.52 Å². The number of nitrogens with one attached hydrogen (secondary N) is 1. The summed E-state index contributed by atoms with van der Waals surface area (Å²) >= 11 is 3.38. The number of rotatable bonds is 1. The minimum Gasteiger partial charge on any atom is -0.443 e. The third kappa shape index (κ3) is 1.30. The average Bonchev–Trinajstić information content (AvgIpc) is 2.86. The van der Waals surface area contributed by atoms with Crippen LogP contribution in [0.3, 0.4) is 0 Å². The average molecular weight is 279 g/mol. The summed E-state index contributed by atoms with van der Waals surface area (Å²) in [5, 5.41) is 6.78. The number of aromatic nitrogens is 3. The van der Waals surface area contributed by atoms with E-state index in [4.69, 9.17) is 10.2 Å². The Bertz CT molecular complexity index is 658. The lowest BCUT2D eigenvalue weighted by molar-refractivity contribution is 0.602. The molecule has 1 aromatic carbocycles. The van der Waals surface area contributed by atoms with Gasteiger partial charge in [0.2, 0.25) is 0 Å². The number of benzene rings is 1. The number of hydrogen-bond donors (Lipinski definition) is 2. The highest BCUT2D eigenvalue weighted by Crippen LogP contribution is 2.31. The van der Waals surface area contributed by atoms with Crippen LogP contribution in [0, 0.1) is 0 Å². The topological polar surface area (TPSA) is 80.7 Å². The molecule has 0 fully saturated rings. The molecule has 0 saturated carbocycles. The van der Waals surface area contributed by atoms with Crippen molar-refractivity contribution in [3.05, 3.63) is 29.1 Å². The van der Waals surface area contributed by atoms with E-state index in [0.717, 1.165) is 26.8 Å². The summed E-state index contributed by atoms with van der Waals surface area (Å²) in [6.45, 7) is 0. The molecule has 0 aliphatic heterocycles. The van der Waals surface area contributed by atoms with Gasteiger partial charge in [-0.2, -0.15) is 5.10 Å². The summed E-state index contributed by atoms with van der Waals surface area (Å²) in [6.07, 6.45) is 1.42. The molecule has 0 aliphatic carbocycles. The van der Waals surface area contributed by atoms with Gasteiger partial charge in [-0.25, -0.2) is 4.98 Å². The first-order valence-corrected chi connectivity index (χ1v) is 5.38. The van der Waals surface area contributed by atoms with Crippen LogP contribution in [0.15, 0.2) is 33.5 Å². The Kier molecular flexibility index (Phi) is 1.97. The molecule has 80 valence electrons. The van der Waals surface area contributed by atoms with E-state index >= 15 is 0 Å². The zero-order valence-electron chi connectivity index (χ0n) is 8.07. The number of aromatic amines is 1. The summed E-state index contributed by atoms with van der Waals surface area (Å²) in [5.41, 5.74) is 8.98. The summed E-state index contributed by atoms with van der Waals surface area (Å²) < 4.78 is 5.99. The van der Waals surface area contributed by atoms with Crippen molar-refractivity contribution in [3.63, 3.8) is 0 Å². The smallest absolute Gasteiger partial charge is 0.181 e. The van der Waals surface area contributed by atoms with Gasteiger partial charge in [0.25, 0.3) is 0 Å². The summed E-state index contributed by atoms with van der Waals surface area (Å²) in [5.74, 6) is 0.438. The molecule has 2 heterocycles. The first-order valence-electron chi connectivity index (χ1n) is 4.58. The number of anilines is 1. The van der Waals surface area contributed by atoms with Crippen molar-refractivity contribution in [2.45, 2.75) is 0 Å². The van der Waals surface area contributed by atoms with Gasteiger partial charge in [0, 0.05) is 5.56 Å². The Labute approximate surface area is 98.8 Å². The van der Waals surface area contributed by atoms with Crippen LogP contribution in [0.2, 0.25) is 0 Å². The van der Waals surface area contributed by atoms with E-state index in [-0.39, 0.29) is 0 Å². The molecule has 0 amide bonds. The third-order valence-electron chi connectivity index (χ3n) is 2.35. The summed E-state index contributed by atoms with van der Waals surface area (Å²) in [6, 6.07) is 5.71. The number of halogens is 1. The highest BCUT2D eigenvalue weighted by atomic mass is 79.9. The highest BCUT2D eigenvalue weighted by Gasteiger charge is 2.11. The molecule has 3 rings (SSSR count). The fourth-order valence-corrected chi connectivity index (χ4v) is 1.95. The van der Waals surface area contributed by atoms with E-state index in [0.29, 0.717) is 5.82 Å². The number of H-pyrrole nitrogens is 1. The highest BCUT2D eigenvalue weighted by molar-refractivity contribution is 9.10. The lowest BCUT2D eigenvalue weighted by Gasteiger charge is -1.97. The maximum atomic E-state index is 5.65. The van der Waals surface area contributed by atoms with Crippen molar-refractivity contribution < 1.29 is 4.42 Å².